The lowest BCUT2D eigenvalue weighted by Gasteiger charge is -2.03. The lowest BCUT2D eigenvalue weighted by molar-refractivity contribution is -0.143. The smallest absolute Gasteiger partial charge is 0.325 e. The van der Waals surface area contributed by atoms with Crippen molar-refractivity contribution < 1.29 is 19.1 Å². The number of carbonyl (C=O) groups excluding carboxylic acids is 3. The Hall–Kier alpha value is -1.07. The molecule has 0 aromatic carbocycles. The van der Waals surface area contributed by atoms with Gasteiger partial charge in [0.15, 0.2) is 5.78 Å². The summed E-state index contributed by atoms with van der Waals surface area (Å²) in [7, 11) is 0. The third kappa shape index (κ3) is 8.26. The van der Waals surface area contributed by atoms with Crippen LogP contribution in [0.1, 0.15) is 13.3 Å². The highest BCUT2D eigenvalue weighted by Gasteiger charge is 2.09. The zero-order valence-electron chi connectivity index (χ0n) is 8.59. The van der Waals surface area contributed by atoms with E-state index >= 15 is 0 Å². The molecule has 0 bridgehead atoms. The number of ketones is 1. The SMILES string of the molecule is CCOC(=O)CNC(=O)CC(=O)C=C(Cl)Cl. The van der Waals surface area contributed by atoms with Crippen LogP contribution in [0, 0.1) is 0 Å². The van der Waals surface area contributed by atoms with E-state index in [1.807, 2.05) is 0 Å². The minimum Gasteiger partial charge on any atom is -0.465 e. The first kappa shape index (κ1) is 14.9. The van der Waals surface area contributed by atoms with Crippen LogP contribution < -0.4 is 5.32 Å². The number of allylic oxidation sites excluding steroid dienone is 1. The van der Waals surface area contributed by atoms with E-state index in [4.69, 9.17) is 23.2 Å². The van der Waals surface area contributed by atoms with Crippen LogP contribution in [0.25, 0.3) is 0 Å². The highest BCUT2D eigenvalue weighted by atomic mass is 35.5. The van der Waals surface area contributed by atoms with Gasteiger partial charge in [0.25, 0.3) is 0 Å². The fourth-order valence-corrected chi connectivity index (χ4v) is 1.02. The predicted octanol–water partition coefficient (Wildman–Crippen LogP) is 0.944. The fourth-order valence-electron chi connectivity index (χ4n) is 0.776. The van der Waals surface area contributed by atoms with Crippen molar-refractivity contribution in [1.29, 1.82) is 0 Å². The number of esters is 1. The molecule has 0 spiro atoms. The lowest BCUT2D eigenvalue weighted by Crippen LogP contribution is -2.31. The van der Waals surface area contributed by atoms with Crippen LogP contribution in [-0.4, -0.2) is 30.8 Å². The van der Waals surface area contributed by atoms with Gasteiger partial charge in [0.2, 0.25) is 5.91 Å². The number of halogens is 2. The molecule has 0 aliphatic carbocycles. The van der Waals surface area contributed by atoms with Gasteiger partial charge in [-0.15, -0.1) is 0 Å². The highest BCUT2D eigenvalue weighted by molar-refractivity contribution is 6.56. The molecule has 0 saturated carbocycles. The van der Waals surface area contributed by atoms with Crippen molar-refractivity contribution in [2.75, 3.05) is 13.2 Å². The molecule has 1 amide bonds. The number of nitrogens with one attached hydrogen (secondary N) is 1. The molecule has 0 unspecified atom stereocenters. The molecule has 1 N–H and O–H groups in total. The van der Waals surface area contributed by atoms with Crippen molar-refractivity contribution in [2.24, 2.45) is 0 Å². The minimum atomic E-state index is -0.594. The highest BCUT2D eigenvalue weighted by Crippen LogP contribution is 2.06. The standard InChI is InChI=1S/C9H11Cl2NO4/c1-2-16-9(15)5-12-8(14)4-6(13)3-7(10)11/h3H,2,4-5H2,1H3,(H,12,14). The zero-order chi connectivity index (χ0) is 12.6. The number of hydrogen-bond acceptors (Lipinski definition) is 4. The van der Waals surface area contributed by atoms with E-state index in [1.54, 1.807) is 6.92 Å². The summed E-state index contributed by atoms with van der Waals surface area (Å²) in [5.41, 5.74) is 0. The maximum Gasteiger partial charge on any atom is 0.325 e. The zero-order valence-corrected chi connectivity index (χ0v) is 10.1. The first-order valence-corrected chi connectivity index (χ1v) is 5.19. The van der Waals surface area contributed by atoms with Crippen molar-refractivity contribution in [3.63, 3.8) is 0 Å². The summed E-state index contributed by atoms with van der Waals surface area (Å²) in [5, 5.41) is 2.22. The number of ether oxygens (including phenoxy) is 1. The van der Waals surface area contributed by atoms with Gasteiger partial charge in [0.1, 0.15) is 11.0 Å². The first-order chi connectivity index (χ1) is 7.45. The van der Waals surface area contributed by atoms with Gasteiger partial charge in [-0.05, 0) is 6.92 Å². The summed E-state index contributed by atoms with van der Waals surface area (Å²) in [6.45, 7) is 1.62. The van der Waals surface area contributed by atoms with E-state index in [0.29, 0.717) is 0 Å². The molecule has 0 aliphatic rings. The maximum atomic E-state index is 11.1. The van der Waals surface area contributed by atoms with Gasteiger partial charge in [-0.3, -0.25) is 14.4 Å². The summed E-state index contributed by atoms with van der Waals surface area (Å²) in [6, 6.07) is 0. The molecule has 16 heavy (non-hydrogen) atoms. The minimum absolute atomic E-state index is 0.219. The van der Waals surface area contributed by atoms with Gasteiger partial charge in [0.05, 0.1) is 13.0 Å². The van der Waals surface area contributed by atoms with Gasteiger partial charge in [-0.2, -0.15) is 0 Å². The summed E-state index contributed by atoms with van der Waals surface area (Å²) < 4.78 is 4.35. The third-order valence-electron chi connectivity index (χ3n) is 1.34. The number of hydrogen-bond donors (Lipinski definition) is 1. The maximum absolute atomic E-state index is 11.1. The van der Waals surface area contributed by atoms with Crippen LogP contribution in [0.2, 0.25) is 0 Å². The van der Waals surface area contributed by atoms with Gasteiger partial charge in [-0.25, -0.2) is 0 Å². The average molecular weight is 268 g/mol. The summed E-state index contributed by atoms with van der Waals surface area (Å²) in [5.74, 6) is -1.69. The topological polar surface area (TPSA) is 72.5 Å². The van der Waals surface area contributed by atoms with E-state index in [9.17, 15) is 14.4 Å². The Bertz CT molecular complexity index is 311. The molecule has 0 saturated heterocycles. The summed E-state index contributed by atoms with van der Waals surface area (Å²) >= 11 is 10.4. The van der Waals surface area contributed by atoms with Crippen LogP contribution >= 0.6 is 23.2 Å². The van der Waals surface area contributed by atoms with E-state index in [-0.39, 0.29) is 17.6 Å². The molecule has 0 aromatic rings. The molecule has 5 nitrogen and oxygen atoms in total. The first-order valence-electron chi connectivity index (χ1n) is 4.43. The van der Waals surface area contributed by atoms with E-state index in [1.165, 1.54) is 0 Å². The molecule has 0 heterocycles. The number of amides is 1. The Kier molecular flexibility index (Phi) is 7.58. The summed E-state index contributed by atoms with van der Waals surface area (Å²) in [6.07, 6.45) is 0.509. The van der Waals surface area contributed by atoms with Gasteiger partial charge >= 0.3 is 5.97 Å². The van der Waals surface area contributed by atoms with E-state index in [2.05, 4.69) is 10.1 Å². The van der Waals surface area contributed by atoms with Crippen molar-refractivity contribution in [3.8, 4) is 0 Å². The number of rotatable bonds is 6. The fraction of sp³-hybridized carbons (Fsp3) is 0.444. The van der Waals surface area contributed by atoms with Gasteiger partial charge in [0, 0.05) is 6.08 Å². The molecule has 0 aliphatic heterocycles. The average Bonchev–Trinajstić information content (AvgIpc) is 2.13. The van der Waals surface area contributed by atoms with Crippen molar-refractivity contribution in [2.45, 2.75) is 13.3 Å². The van der Waals surface area contributed by atoms with Crippen LogP contribution in [0.4, 0.5) is 0 Å². The second-order valence-electron chi connectivity index (χ2n) is 2.66. The van der Waals surface area contributed by atoms with Crippen molar-refractivity contribution in [1.82, 2.24) is 5.32 Å². The largest absolute Gasteiger partial charge is 0.465 e. The lowest BCUT2D eigenvalue weighted by atomic mass is 10.2. The van der Waals surface area contributed by atoms with Crippen LogP contribution in [-0.2, 0) is 19.1 Å². The molecule has 0 rings (SSSR count). The van der Waals surface area contributed by atoms with Crippen molar-refractivity contribution in [3.05, 3.63) is 10.6 Å². The molecule has 0 radical (unpaired) electrons. The molecule has 7 heteroatoms. The Morgan fingerprint density at radius 2 is 1.94 bits per heavy atom. The Morgan fingerprint density at radius 3 is 2.44 bits per heavy atom. The van der Waals surface area contributed by atoms with Gasteiger partial charge in [-0.1, -0.05) is 23.2 Å². The van der Waals surface area contributed by atoms with E-state index < -0.39 is 24.1 Å². The molecular formula is C9H11Cl2NO4. The second-order valence-corrected chi connectivity index (χ2v) is 3.67. The quantitative estimate of drug-likeness (QED) is 0.442. The van der Waals surface area contributed by atoms with Crippen LogP contribution in [0.15, 0.2) is 10.6 Å². The van der Waals surface area contributed by atoms with E-state index in [0.717, 1.165) is 6.08 Å². The van der Waals surface area contributed by atoms with Crippen LogP contribution in [0.5, 0.6) is 0 Å². The Morgan fingerprint density at radius 1 is 1.31 bits per heavy atom. The number of carbonyl (C=O) groups is 3. The van der Waals surface area contributed by atoms with Gasteiger partial charge < -0.3 is 10.1 Å². The molecule has 90 valence electrons. The predicted molar refractivity (Wildman–Crippen MR) is 59.1 cm³/mol. The Labute approximate surface area is 103 Å². The molecule has 0 aromatic heterocycles. The molecular weight excluding hydrogens is 257 g/mol. The van der Waals surface area contributed by atoms with Crippen molar-refractivity contribution >= 4 is 40.9 Å². The normalized spacial score (nSPS) is 9.19. The molecule has 0 atom stereocenters. The Balaban J connectivity index is 3.87. The molecule has 0 fully saturated rings. The summed E-state index contributed by atoms with van der Waals surface area (Å²) in [4.78, 5) is 32.9. The monoisotopic (exact) mass is 267 g/mol. The van der Waals surface area contributed by atoms with Crippen LogP contribution in [0.3, 0.4) is 0 Å². The second kappa shape index (κ2) is 8.13. The third-order valence-corrected chi connectivity index (χ3v) is 1.56.